The second-order valence-corrected chi connectivity index (χ2v) is 5.52. The molecule has 0 aromatic heterocycles. The number of hydrogen-bond acceptors (Lipinski definition) is 4. The fourth-order valence-electron chi connectivity index (χ4n) is 2.67. The fraction of sp³-hybridized carbons (Fsp3) is 0.316. The molecule has 1 atom stereocenters. The number of hydrogen-bond donors (Lipinski definition) is 2. The maximum Gasteiger partial charge on any atom is 0.311 e. The maximum absolute atomic E-state index is 11.7. The van der Waals surface area contributed by atoms with Gasteiger partial charge in [-0.3, -0.25) is 4.79 Å². The number of aliphatic carboxylic acids is 1. The van der Waals surface area contributed by atoms with Crippen LogP contribution in [-0.2, 0) is 11.2 Å². The topological polar surface area (TPSA) is 76.0 Å². The van der Waals surface area contributed by atoms with Crippen molar-refractivity contribution in [1.82, 2.24) is 0 Å². The molecule has 0 aliphatic carbocycles. The Hall–Kier alpha value is -2.69. The number of phenolic OH excluding ortho intramolecular Hbond substituents is 1. The number of rotatable bonds is 7. The number of methoxy groups -OCH3 is 1. The summed E-state index contributed by atoms with van der Waals surface area (Å²) in [5.74, 6) is -0.652. The smallest absolute Gasteiger partial charge is 0.311 e. The average Bonchev–Trinajstić information content (AvgIpc) is 2.55. The minimum absolute atomic E-state index is 0.0195. The Labute approximate surface area is 141 Å². The van der Waals surface area contributed by atoms with Crippen LogP contribution in [0.1, 0.15) is 29.5 Å². The van der Waals surface area contributed by atoms with Crippen LogP contribution in [-0.4, -0.2) is 29.9 Å². The van der Waals surface area contributed by atoms with E-state index in [0.29, 0.717) is 23.5 Å². The second kappa shape index (κ2) is 7.73. The molecule has 5 nitrogen and oxygen atoms in total. The van der Waals surface area contributed by atoms with E-state index in [1.165, 1.54) is 7.11 Å². The highest BCUT2D eigenvalue weighted by Crippen LogP contribution is 2.34. The molecule has 24 heavy (non-hydrogen) atoms. The van der Waals surface area contributed by atoms with E-state index in [0.717, 1.165) is 11.3 Å². The molecule has 0 amide bonds. The monoisotopic (exact) mass is 330 g/mol. The van der Waals surface area contributed by atoms with E-state index in [4.69, 9.17) is 9.47 Å². The number of aromatic hydroxyl groups is 1. The van der Waals surface area contributed by atoms with Crippen LogP contribution < -0.4 is 9.47 Å². The first-order valence-electron chi connectivity index (χ1n) is 7.78. The highest BCUT2D eigenvalue weighted by molar-refractivity contribution is 5.77. The van der Waals surface area contributed by atoms with Crippen molar-refractivity contribution in [1.29, 1.82) is 0 Å². The molecule has 5 heteroatoms. The van der Waals surface area contributed by atoms with E-state index in [1.807, 2.05) is 19.9 Å². The molecule has 0 spiro atoms. The van der Waals surface area contributed by atoms with Crippen LogP contribution in [0.25, 0.3) is 0 Å². The lowest BCUT2D eigenvalue weighted by molar-refractivity contribution is -0.138. The Balaban J connectivity index is 2.34. The molecule has 0 aliphatic rings. The van der Waals surface area contributed by atoms with Gasteiger partial charge in [0.05, 0.1) is 19.6 Å². The lowest BCUT2D eigenvalue weighted by Crippen LogP contribution is -2.15. The van der Waals surface area contributed by atoms with Crippen molar-refractivity contribution in [2.45, 2.75) is 26.2 Å². The van der Waals surface area contributed by atoms with Crippen LogP contribution in [0, 0.1) is 6.92 Å². The van der Waals surface area contributed by atoms with Gasteiger partial charge in [-0.2, -0.15) is 0 Å². The third-order valence-corrected chi connectivity index (χ3v) is 3.93. The van der Waals surface area contributed by atoms with Gasteiger partial charge in [-0.15, -0.1) is 0 Å². The molecule has 0 radical (unpaired) electrons. The molecule has 1 unspecified atom stereocenters. The first-order chi connectivity index (χ1) is 11.5. The molecule has 2 aromatic rings. The number of carboxylic acids is 1. The normalized spacial score (nSPS) is 11.8. The van der Waals surface area contributed by atoms with Crippen LogP contribution in [0.5, 0.6) is 17.2 Å². The molecule has 0 saturated carbocycles. The number of para-hydroxylation sites is 1. The predicted octanol–water partition coefficient (Wildman–Crippen LogP) is 3.52. The maximum atomic E-state index is 11.7. The van der Waals surface area contributed by atoms with Crippen molar-refractivity contribution in [3.63, 3.8) is 0 Å². The van der Waals surface area contributed by atoms with Crippen molar-refractivity contribution in [3.8, 4) is 17.2 Å². The van der Waals surface area contributed by atoms with Gasteiger partial charge < -0.3 is 19.7 Å². The standard InChI is InChI=1S/C19H22O5/c1-4-24-16-9-8-13(10-12(16)2)15(19(21)22)11-14-6-5-7-17(23-3)18(14)20/h5-10,15,20H,4,11H2,1-3H3,(H,21,22). The SMILES string of the molecule is CCOc1ccc(C(Cc2cccc(OC)c2O)C(=O)O)cc1C. The van der Waals surface area contributed by atoms with E-state index < -0.39 is 11.9 Å². The van der Waals surface area contributed by atoms with Gasteiger partial charge in [0.25, 0.3) is 0 Å². The molecule has 128 valence electrons. The minimum atomic E-state index is -0.944. The van der Waals surface area contributed by atoms with E-state index >= 15 is 0 Å². The van der Waals surface area contributed by atoms with Crippen molar-refractivity contribution >= 4 is 5.97 Å². The third kappa shape index (κ3) is 3.79. The Bertz CT molecular complexity index is 724. The van der Waals surface area contributed by atoms with E-state index in [2.05, 4.69) is 0 Å². The first-order valence-corrected chi connectivity index (χ1v) is 7.78. The number of carbonyl (C=O) groups is 1. The Morgan fingerprint density at radius 1 is 1.21 bits per heavy atom. The number of benzene rings is 2. The van der Waals surface area contributed by atoms with Crippen molar-refractivity contribution < 1.29 is 24.5 Å². The molecule has 0 aliphatic heterocycles. The van der Waals surface area contributed by atoms with Gasteiger partial charge in [0, 0.05) is 0 Å². The van der Waals surface area contributed by atoms with Gasteiger partial charge in [-0.05, 0) is 49.1 Å². The summed E-state index contributed by atoms with van der Waals surface area (Å²) in [6.07, 6.45) is 0.172. The highest BCUT2D eigenvalue weighted by Gasteiger charge is 2.23. The molecule has 2 aromatic carbocycles. The number of phenols is 1. The van der Waals surface area contributed by atoms with Crippen molar-refractivity contribution in [2.24, 2.45) is 0 Å². The van der Waals surface area contributed by atoms with Crippen molar-refractivity contribution in [2.75, 3.05) is 13.7 Å². The van der Waals surface area contributed by atoms with Gasteiger partial charge in [0.15, 0.2) is 11.5 Å². The molecule has 0 heterocycles. The molecule has 0 saturated heterocycles. The number of carboxylic acid groups (broad SMARTS) is 1. The Morgan fingerprint density at radius 2 is 1.96 bits per heavy atom. The quantitative estimate of drug-likeness (QED) is 0.812. The second-order valence-electron chi connectivity index (χ2n) is 5.52. The summed E-state index contributed by atoms with van der Waals surface area (Å²) >= 11 is 0. The van der Waals surface area contributed by atoms with Crippen LogP contribution in [0.3, 0.4) is 0 Å². The summed E-state index contributed by atoms with van der Waals surface area (Å²) in [5, 5.41) is 19.8. The number of ether oxygens (including phenoxy) is 2. The van der Waals surface area contributed by atoms with Crippen LogP contribution in [0.15, 0.2) is 36.4 Å². The van der Waals surface area contributed by atoms with Crippen molar-refractivity contribution in [3.05, 3.63) is 53.1 Å². The highest BCUT2D eigenvalue weighted by atomic mass is 16.5. The summed E-state index contributed by atoms with van der Waals surface area (Å²) in [6, 6.07) is 10.4. The summed E-state index contributed by atoms with van der Waals surface area (Å²) in [4.78, 5) is 11.7. The van der Waals surface area contributed by atoms with Gasteiger partial charge in [-0.25, -0.2) is 0 Å². The fourth-order valence-corrected chi connectivity index (χ4v) is 2.67. The molecule has 0 bridgehead atoms. The lowest BCUT2D eigenvalue weighted by Gasteiger charge is -2.17. The first kappa shape index (κ1) is 17.7. The zero-order valence-corrected chi connectivity index (χ0v) is 14.1. The molecule has 2 N–H and O–H groups in total. The third-order valence-electron chi connectivity index (χ3n) is 3.93. The predicted molar refractivity (Wildman–Crippen MR) is 91.1 cm³/mol. The molecular formula is C19H22O5. The minimum Gasteiger partial charge on any atom is -0.504 e. The van der Waals surface area contributed by atoms with E-state index in [-0.39, 0.29) is 12.2 Å². The van der Waals surface area contributed by atoms with Gasteiger partial charge in [0.2, 0.25) is 0 Å². The van der Waals surface area contributed by atoms with Gasteiger partial charge in [-0.1, -0.05) is 24.3 Å². The largest absolute Gasteiger partial charge is 0.504 e. The van der Waals surface area contributed by atoms with Gasteiger partial charge in [0.1, 0.15) is 5.75 Å². The zero-order valence-electron chi connectivity index (χ0n) is 14.1. The summed E-state index contributed by atoms with van der Waals surface area (Å²) in [7, 11) is 1.46. The van der Waals surface area contributed by atoms with E-state index in [9.17, 15) is 15.0 Å². The van der Waals surface area contributed by atoms with Crippen LogP contribution >= 0.6 is 0 Å². The number of aryl methyl sites for hydroxylation is 1. The summed E-state index contributed by atoms with van der Waals surface area (Å²) < 4.78 is 10.6. The summed E-state index contributed by atoms with van der Waals surface area (Å²) in [5.41, 5.74) is 2.09. The molecule has 0 fully saturated rings. The Morgan fingerprint density at radius 3 is 2.54 bits per heavy atom. The molecular weight excluding hydrogens is 308 g/mol. The van der Waals surface area contributed by atoms with Gasteiger partial charge >= 0.3 is 5.97 Å². The molecule has 2 rings (SSSR count). The van der Waals surface area contributed by atoms with E-state index in [1.54, 1.807) is 30.3 Å². The lowest BCUT2D eigenvalue weighted by atomic mass is 9.90. The Kier molecular flexibility index (Phi) is 5.68. The zero-order chi connectivity index (χ0) is 17.7. The van der Waals surface area contributed by atoms with Crippen LogP contribution in [0.4, 0.5) is 0 Å². The summed E-state index contributed by atoms with van der Waals surface area (Å²) in [6.45, 7) is 4.34. The average molecular weight is 330 g/mol. The van der Waals surface area contributed by atoms with Crippen LogP contribution in [0.2, 0.25) is 0 Å².